The summed E-state index contributed by atoms with van der Waals surface area (Å²) in [4.78, 5) is 1.07. The fourth-order valence-electron chi connectivity index (χ4n) is 2.86. The van der Waals surface area contributed by atoms with Crippen LogP contribution in [0.15, 0.2) is 81.2 Å². The number of thiophene rings is 2. The molecule has 0 saturated heterocycles. The Hall–Kier alpha value is -2.10. The maximum atomic E-state index is 12.4. The van der Waals surface area contributed by atoms with E-state index in [-0.39, 0.29) is 8.42 Å². The van der Waals surface area contributed by atoms with Gasteiger partial charge in [0.05, 0.1) is 11.1 Å². The molecule has 0 spiro atoms. The molecular weight excluding hydrogens is 641 g/mol. The van der Waals surface area contributed by atoms with Crippen LogP contribution >= 0.6 is 44.0 Å². The van der Waals surface area contributed by atoms with Crippen molar-refractivity contribution in [3.05, 3.63) is 83.9 Å². The Labute approximate surface area is 229 Å². The van der Waals surface area contributed by atoms with Crippen molar-refractivity contribution in [2.24, 2.45) is 0 Å². The molecule has 2 aromatic heterocycles. The van der Waals surface area contributed by atoms with Crippen LogP contribution in [0.25, 0.3) is 20.9 Å². The predicted molar refractivity (Wildman–Crippen MR) is 136 cm³/mol. The molecule has 0 radical (unpaired) electrons. The minimum Gasteiger partial charge on any atom is -0.206 e. The number of rotatable bonds is 4. The first-order chi connectivity index (χ1) is 17.4. The Kier molecular flexibility index (Phi) is 8.95. The molecular formula is C22H12Cl2F6O4S4. The average molecular weight is 653 g/mol. The lowest BCUT2D eigenvalue weighted by Crippen LogP contribution is -2.03. The summed E-state index contributed by atoms with van der Waals surface area (Å²) in [6.45, 7) is 0. The molecule has 38 heavy (non-hydrogen) atoms. The van der Waals surface area contributed by atoms with Gasteiger partial charge in [-0.1, -0.05) is 24.3 Å². The summed E-state index contributed by atoms with van der Waals surface area (Å²) in [6, 6.07) is 14.6. The van der Waals surface area contributed by atoms with Crippen LogP contribution in [0.5, 0.6) is 0 Å². The largest absolute Gasteiger partial charge is 0.416 e. The first-order valence-electron chi connectivity index (χ1n) is 9.80. The fourth-order valence-corrected chi connectivity index (χ4v) is 7.02. The molecule has 0 aliphatic heterocycles. The van der Waals surface area contributed by atoms with Gasteiger partial charge >= 0.3 is 12.4 Å². The summed E-state index contributed by atoms with van der Waals surface area (Å²) >= 11 is 1.81. The summed E-state index contributed by atoms with van der Waals surface area (Å²) in [5, 5.41) is 0. The Morgan fingerprint density at radius 2 is 0.789 bits per heavy atom. The van der Waals surface area contributed by atoms with E-state index in [9.17, 15) is 43.2 Å². The second kappa shape index (κ2) is 11.2. The first-order valence-corrected chi connectivity index (χ1v) is 16.0. The maximum absolute atomic E-state index is 12.4. The van der Waals surface area contributed by atoms with Crippen LogP contribution in [-0.4, -0.2) is 16.8 Å². The topological polar surface area (TPSA) is 68.3 Å². The lowest BCUT2D eigenvalue weighted by molar-refractivity contribution is -0.138. The maximum Gasteiger partial charge on any atom is 0.416 e. The second-order valence-electron chi connectivity index (χ2n) is 7.26. The fraction of sp³-hybridized carbons (Fsp3) is 0.0909. The van der Waals surface area contributed by atoms with E-state index in [1.807, 2.05) is 0 Å². The highest BCUT2D eigenvalue weighted by molar-refractivity contribution is 8.15. The number of hydrogen-bond acceptors (Lipinski definition) is 6. The molecule has 0 unspecified atom stereocenters. The molecule has 0 N–H and O–H groups in total. The number of benzene rings is 2. The van der Waals surface area contributed by atoms with Gasteiger partial charge in [-0.15, -0.1) is 22.7 Å². The number of halogens is 8. The van der Waals surface area contributed by atoms with E-state index in [0.717, 1.165) is 46.9 Å². The molecule has 0 bridgehead atoms. The van der Waals surface area contributed by atoms with Crippen LogP contribution in [0.2, 0.25) is 0 Å². The lowest BCUT2D eigenvalue weighted by Gasteiger charge is -2.06. The average Bonchev–Trinajstić information content (AvgIpc) is 3.49. The summed E-state index contributed by atoms with van der Waals surface area (Å²) in [5.41, 5.74) is -0.495. The Balaban J connectivity index is 0.000000211. The van der Waals surface area contributed by atoms with Crippen LogP contribution in [0.3, 0.4) is 0 Å². The van der Waals surface area contributed by atoms with Crippen molar-refractivity contribution in [2.75, 3.05) is 0 Å². The molecule has 4 rings (SSSR count). The molecule has 2 heterocycles. The zero-order valence-electron chi connectivity index (χ0n) is 18.2. The van der Waals surface area contributed by atoms with E-state index in [0.29, 0.717) is 20.9 Å². The van der Waals surface area contributed by atoms with E-state index >= 15 is 0 Å². The zero-order chi connectivity index (χ0) is 28.5. The van der Waals surface area contributed by atoms with Gasteiger partial charge in [-0.2, -0.15) is 26.3 Å². The number of hydrogen-bond donors (Lipinski definition) is 0. The quantitative estimate of drug-likeness (QED) is 0.163. The summed E-state index contributed by atoms with van der Waals surface area (Å²) in [7, 11) is 2.74. The van der Waals surface area contributed by atoms with Gasteiger partial charge in [-0.05, 0) is 59.7 Å². The van der Waals surface area contributed by atoms with Crippen LogP contribution in [0, 0.1) is 0 Å². The van der Waals surface area contributed by atoms with Crippen molar-refractivity contribution in [1.29, 1.82) is 0 Å². The second-order valence-corrected chi connectivity index (χ2v) is 15.0. The molecule has 2 aromatic carbocycles. The van der Waals surface area contributed by atoms with E-state index < -0.39 is 41.6 Å². The molecule has 0 aliphatic rings. The Morgan fingerprint density at radius 3 is 1.00 bits per heavy atom. The molecule has 4 aromatic rings. The highest BCUT2D eigenvalue weighted by Gasteiger charge is 2.31. The normalized spacial score (nSPS) is 12.6. The van der Waals surface area contributed by atoms with E-state index in [1.165, 1.54) is 48.5 Å². The van der Waals surface area contributed by atoms with Crippen molar-refractivity contribution in [2.45, 2.75) is 20.8 Å². The molecule has 204 valence electrons. The standard InChI is InChI=1S/2C11H6ClF3O2S2/c2*12-19(16,17)10-6-5-9(18-10)7-1-3-8(4-2-7)11(13,14)15/h2*1-6H. The first kappa shape index (κ1) is 30.4. The third-order valence-corrected chi connectivity index (χ3v) is 11.1. The molecule has 4 nitrogen and oxygen atoms in total. The van der Waals surface area contributed by atoms with Gasteiger partial charge < -0.3 is 0 Å². The molecule has 0 saturated carbocycles. The van der Waals surface area contributed by atoms with Crippen molar-refractivity contribution in [3.8, 4) is 20.9 Å². The van der Waals surface area contributed by atoms with Crippen molar-refractivity contribution >= 4 is 62.1 Å². The molecule has 0 amide bonds. The predicted octanol–water partition coefficient (Wildman–Crippen LogP) is 8.72. The zero-order valence-corrected chi connectivity index (χ0v) is 23.0. The van der Waals surface area contributed by atoms with Crippen LogP contribution in [-0.2, 0) is 30.5 Å². The van der Waals surface area contributed by atoms with Crippen LogP contribution in [0.1, 0.15) is 11.1 Å². The smallest absolute Gasteiger partial charge is 0.206 e. The highest BCUT2D eigenvalue weighted by atomic mass is 35.7. The van der Waals surface area contributed by atoms with E-state index in [2.05, 4.69) is 0 Å². The van der Waals surface area contributed by atoms with E-state index in [4.69, 9.17) is 21.4 Å². The van der Waals surface area contributed by atoms with Gasteiger partial charge in [0, 0.05) is 31.1 Å². The van der Waals surface area contributed by atoms with Gasteiger partial charge in [-0.3, -0.25) is 0 Å². The molecule has 16 heteroatoms. The Bertz CT molecular complexity index is 1500. The SMILES string of the molecule is O=S(=O)(Cl)c1ccc(-c2ccc(C(F)(F)F)cc2)s1.O=S(=O)(Cl)c1ccc(-c2ccc(C(F)(F)F)cc2)s1. The van der Waals surface area contributed by atoms with Gasteiger partial charge in [0.25, 0.3) is 18.1 Å². The minimum absolute atomic E-state index is 0.0379. The van der Waals surface area contributed by atoms with Crippen molar-refractivity contribution < 1.29 is 43.2 Å². The summed E-state index contributed by atoms with van der Waals surface area (Å²) in [5.74, 6) is 0. The van der Waals surface area contributed by atoms with Gasteiger partial charge in [0.15, 0.2) is 0 Å². The molecule has 0 fully saturated rings. The number of alkyl halides is 6. The molecule has 0 aliphatic carbocycles. The van der Waals surface area contributed by atoms with E-state index in [1.54, 1.807) is 0 Å². The van der Waals surface area contributed by atoms with Gasteiger partial charge in [-0.25, -0.2) is 16.8 Å². The molecule has 0 atom stereocenters. The van der Waals surface area contributed by atoms with Gasteiger partial charge in [0.2, 0.25) is 0 Å². The van der Waals surface area contributed by atoms with Crippen molar-refractivity contribution in [3.63, 3.8) is 0 Å². The Morgan fingerprint density at radius 1 is 0.500 bits per heavy atom. The highest BCUT2D eigenvalue weighted by Crippen LogP contribution is 2.36. The third kappa shape index (κ3) is 7.96. The van der Waals surface area contributed by atoms with Crippen LogP contribution in [0.4, 0.5) is 26.3 Å². The monoisotopic (exact) mass is 652 g/mol. The van der Waals surface area contributed by atoms with Crippen molar-refractivity contribution in [1.82, 2.24) is 0 Å². The summed E-state index contributed by atoms with van der Waals surface area (Å²) in [6.07, 6.45) is -8.78. The lowest BCUT2D eigenvalue weighted by atomic mass is 10.1. The van der Waals surface area contributed by atoms with Crippen LogP contribution < -0.4 is 0 Å². The third-order valence-electron chi connectivity index (χ3n) is 4.64. The van der Waals surface area contributed by atoms with Gasteiger partial charge in [0.1, 0.15) is 8.42 Å². The summed E-state index contributed by atoms with van der Waals surface area (Å²) < 4.78 is 119. The minimum atomic E-state index is -4.39.